The summed E-state index contributed by atoms with van der Waals surface area (Å²) in [5.74, 6) is -0.927. The summed E-state index contributed by atoms with van der Waals surface area (Å²) in [5, 5.41) is 24.3. The molecule has 1 heterocycles. The van der Waals surface area contributed by atoms with Crippen LogP contribution in [0.3, 0.4) is 0 Å². The standard InChI is InChI=1S/C17H26N2O4/c1-16(15(21)22,12-23-19-11-5-6-14(19)20)18-13-7-10-17(13)8-3-2-4-9-17/h2-4,8,13-14,18,20H,5-7,9-12H2,1H3,(H,21,22). The molecule has 23 heavy (non-hydrogen) atoms. The molecule has 1 spiro atoms. The summed E-state index contributed by atoms with van der Waals surface area (Å²) < 4.78 is 0. The van der Waals surface area contributed by atoms with Crippen LogP contribution in [-0.2, 0) is 9.63 Å². The summed E-state index contributed by atoms with van der Waals surface area (Å²) >= 11 is 0. The Labute approximate surface area is 136 Å². The Balaban J connectivity index is 1.62. The van der Waals surface area contributed by atoms with E-state index in [-0.39, 0.29) is 18.1 Å². The molecule has 3 aliphatic rings. The molecule has 0 aromatic rings. The van der Waals surface area contributed by atoms with E-state index in [4.69, 9.17) is 4.84 Å². The van der Waals surface area contributed by atoms with Crippen LogP contribution in [-0.4, -0.2) is 52.2 Å². The average Bonchev–Trinajstić information content (AvgIpc) is 2.95. The van der Waals surface area contributed by atoms with Crippen molar-refractivity contribution >= 4 is 5.97 Å². The number of carbonyl (C=O) groups is 1. The van der Waals surface area contributed by atoms with Crippen molar-refractivity contribution in [1.29, 1.82) is 0 Å². The van der Waals surface area contributed by atoms with E-state index in [1.54, 1.807) is 6.92 Å². The lowest BCUT2D eigenvalue weighted by atomic mass is 9.61. The fourth-order valence-corrected chi connectivity index (χ4v) is 3.64. The third-order valence-electron chi connectivity index (χ3n) is 5.42. The molecule has 0 radical (unpaired) electrons. The van der Waals surface area contributed by atoms with Crippen LogP contribution in [0.5, 0.6) is 0 Å². The third kappa shape index (κ3) is 3.21. The topological polar surface area (TPSA) is 82.0 Å². The van der Waals surface area contributed by atoms with Crippen molar-refractivity contribution in [3.63, 3.8) is 0 Å². The fourth-order valence-electron chi connectivity index (χ4n) is 3.64. The molecule has 1 saturated carbocycles. The minimum Gasteiger partial charge on any atom is -0.480 e. The van der Waals surface area contributed by atoms with Gasteiger partial charge in [0, 0.05) is 18.0 Å². The van der Waals surface area contributed by atoms with E-state index in [9.17, 15) is 15.0 Å². The first kappa shape index (κ1) is 16.6. The molecule has 6 nitrogen and oxygen atoms in total. The van der Waals surface area contributed by atoms with Gasteiger partial charge in [-0.2, -0.15) is 5.06 Å². The zero-order chi connectivity index (χ0) is 16.5. The predicted molar refractivity (Wildman–Crippen MR) is 85.4 cm³/mol. The zero-order valence-corrected chi connectivity index (χ0v) is 13.6. The number of nitrogens with one attached hydrogen (secondary N) is 1. The van der Waals surface area contributed by atoms with E-state index >= 15 is 0 Å². The van der Waals surface area contributed by atoms with Gasteiger partial charge in [0.05, 0.1) is 6.61 Å². The van der Waals surface area contributed by atoms with Crippen LogP contribution in [0.1, 0.15) is 39.0 Å². The number of allylic oxidation sites excluding steroid dienone is 3. The number of aliphatic carboxylic acids is 1. The van der Waals surface area contributed by atoms with Gasteiger partial charge < -0.3 is 10.2 Å². The third-order valence-corrected chi connectivity index (χ3v) is 5.42. The molecule has 0 amide bonds. The number of carboxylic acid groups (broad SMARTS) is 1. The van der Waals surface area contributed by atoms with E-state index in [0.717, 1.165) is 25.7 Å². The van der Waals surface area contributed by atoms with Gasteiger partial charge in [0.15, 0.2) is 0 Å². The van der Waals surface area contributed by atoms with Gasteiger partial charge in [-0.25, -0.2) is 0 Å². The number of hydrogen-bond acceptors (Lipinski definition) is 5. The SMILES string of the molecule is CC(CON1CCCC1O)(NC1CCC12C=CC=CC2)C(=O)O. The average molecular weight is 322 g/mol. The maximum absolute atomic E-state index is 11.8. The minimum atomic E-state index is -1.17. The molecule has 2 fully saturated rings. The summed E-state index contributed by atoms with van der Waals surface area (Å²) in [6.45, 7) is 2.30. The van der Waals surface area contributed by atoms with Crippen molar-refractivity contribution in [2.45, 2.75) is 56.8 Å². The van der Waals surface area contributed by atoms with Gasteiger partial charge in [-0.05, 0) is 39.0 Å². The van der Waals surface area contributed by atoms with Gasteiger partial charge in [-0.1, -0.05) is 24.3 Å². The second-order valence-corrected chi connectivity index (χ2v) is 7.13. The van der Waals surface area contributed by atoms with Gasteiger partial charge in [0.25, 0.3) is 0 Å². The number of hydrogen-bond donors (Lipinski definition) is 3. The Hall–Kier alpha value is -1.21. The van der Waals surface area contributed by atoms with Crippen LogP contribution >= 0.6 is 0 Å². The van der Waals surface area contributed by atoms with Crippen LogP contribution in [0, 0.1) is 5.41 Å². The molecule has 6 heteroatoms. The molecule has 0 aromatic heterocycles. The highest BCUT2D eigenvalue weighted by atomic mass is 16.7. The van der Waals surface area contributed by atoms with Gasteiger partial charge in [-0.3, -0.25) is 14.9 Å². The van der Waals surface area contributed by atoms with Gasteiger partial charge in [0.1, 0.15) is 11.8 Å². The predicted octanol–water partition coefficient (Wildman–Crippen LogP) is 1.43. The van der Waals surface area contributed by atoms with Gasteiger partial charge >= 0.3 is 5.97 Å². The van der Waals surface area contributed by atoms with Crippen molar-refractivity contribution in [3.8, 4) is 0 Å². The molecular formula is C17H26N2O4. The van der Waals surface area contributed by atoms with Crippen LogP contribution in [0.4, 0.5) is 0 Å². The Morgan fingerprint density at radius 3 is 2.83 bits per heavy atom. The number of aliphatic hydroxyl groups excluding tert-OH is 1. The Bertz CT molecular complexity index is 521. The molecule has 128 valence electrons. The largest absolute Gasteiger partial charge is 0.480 e. The molecule has 1 aliphatic heterocycles. The van der Waals surface area contributed by atoms with Gasteiger partial charge in [0.2, 0.25) is 0 Å². The lowest BCUT2D eigenvalue weighted by Gasteiger charge is -2.51. The Morgan fingerprint density at radius 1 is 1.48 bits per heavy atom. The van der Waals surface area contributed by atoms with Crippen molar-refractivity contribution in [1.82, 2.24) is 10.4 Å². The normalized spacial score (nSPS) is 36.1. The molecule has 4 atom stereocenters. The highest BCUT2D eigenvalue weighted by Gasteiger charge is 2.49. The van der Waals surface area contributed by atoms with Crippen molar-refractivity contribution in [3.05, 3.63) is 24.3 Å². The molecule has 4 unspecified atom stereocenters. The van der Waals surface area contributed by atoms with E-state index in [1.807, 2.05) is 12.2 Å². The van der Waals surface area contributed by atoms with Crippen LogP contribution in [0.15, 0.2) is 24.3 Å². The molecule has 0 bridgehead atoms. The first-order valence-corrected chi connectivity index (χ1v) is 8.38. The zero-order valence-electron chi connectivity index (χ0n) is 13.6. The van der Waals surface area contributed by atoms with Crippen molar-refractivity contribution in [2.24, 2.45) is 5.41 Å². The minimum absolute atomic E-state index is 0.00548. The molecule has 0 aromatic carbocycles. The van der Waals surface area contributed by atoms with Crippen molar-refractivity contribution in [2.75, 3.05) is 13.2 Å². The van der Waals surface area contributed by atoms with Crippen LogP contribution in [0.25, 0.3) is 0 Å². The number of hydroxylamine groups is 2. The second kappa shape index (κ2) is 6.36. The van der Waals surface area contributed by atoms with Crippen LogP contribution in [0.2, 0.25) is 0 Å². The lowest BCUT2D eigenvalue weighted by molar-refractivity contribution is -0.231. The van der Waals surface area contributed by atoms with E-state index in [0.29, 0.717) is 13.0 Å². The molecular weight excluding hydrogens is 296 g/mol. The summed E-state index contributed by atoms with van der Waals surface area (Å²) in [6, 6.07) is 0.136. The van der Waals surface area contributed by atoms with E-state index in [1.165, 1.54) is 5.06 Å². The highest BCUT2D eigenvalue weighted by Crippen LogP contribution is 2.47. The first-order chi connectivity index (χ1) is 11.0. The maximum atomic E-state index is 11.8. The monoisotopic (exact) mass is 322 g/mol. The molecule has 2 aliphatic carbocycles. The smallest absolute Gasteiger partial charge is 0.326 e. The molecule has 1 saturated heterocycles. The van der Waals surface area contributed by atoms with Crippen LogP contribution < -0.4 is 5.32 Å². The highest BCUT2D eigenvalue weighted by molar-refractivity contribution is 5.78. The van der Waals surface area contributed by atoms with Crippen molar-refractivity contribution < 1.29 is 19.8 Å². The Morgan fingerprint density at radius 2 is 2.30 bits per heavy atom. The van der Waals surface area contributed by atoms with Gasteiger partial charge in [-0.15, -0.1) is 0 Å². The molecule has 3 rings (SSSR count). The Kier molecular flexibility index (Phi) is 4.60. The quantitative estimate of drug-likeness (QED) is 0.686. The number of rotatable bonds is 6. The number of nitrogens with zero attached hydrogens (tertiary/aromatic N) is 1. The number of aliphatic hydroxyl groups is 1. The second-order valence-electron chi connectivity index (χ2n) is 7.13. The summed E-state index contributed by atoms with van der Waals surface area (Å²) in [4.78, 5) is 17.4. The summed E-state index contributed by atoms with van der Waals surface area (Å²) in [7, 11) is 0. The fraction of sp³-hybridized carbons (Fsp3) is 0.706. The lowest BCUT2D eigenvalue weighted by Crippen LogP contribution is -2.64. The summed E-state index contributed by atoms with van der Waals surface area (Å²) in [5.41, 5.74) is -1.13. The van der Waals surface area contributed by atoms with E-state index in [2.05, 4.69) is 17.5 Å². The number of carboxylic acids is 1. The summed E-state index contributed by atoms with van der Waals surface area (Å²) in [6.07, 6.45) is 12.3. The van der Waals surface area contributed by atoms with E-state index < -0.39 is 17.7 Å². The maximum Gasteiger partial charge on any atom is 0.326 e. The first-order valence-electron chi connectivity index (χ1n) is 8.38. The molecule has 3 N–H and O–H groups in total.